The molecule has 0 aliphatic carbocycles. The number of β-lactam (4-membered cyclic amide) rings is 1. The first-order valence-corrected chi connectivity index (χ1v) is 16.3. The summed E-state index contributed by atoms with van der Waals surface area (Å²) in [5.41, 5.74) is -0.715. The Bertz CT molecular complexity index is 1050. The van der Waals surface area contributed by atoms with Gasteiger partial charge in [-0.15, -0.1) is 0 Å². The van der Waals surface area contributed by atoms with Crippen molar-refractivity contribution < 1.29 is 28.3 Å². The molecule has 0 spiro atoms. The van der Waals surface area contributed by atoms with Crippen molar-refractivity contribution in [2.24, 2.45) is 11.8 Å². The predicted molar refractivity (Wildman–Crippen MR) is 149 cm³/mol. The Labute approximate surface area is 236 Å². The van der Waals surface area contributed by atoms with Crippen molar-refractivity contribution in [3.8, 4) is 5.75 Å². The van der Waals surface area contributed by atoms with Gasteiger partial charge in [-0.2, -0.15) is 0 Å². The van der Waals surface area contributed by atoms with E-state index >= 15 is 0 Å². The van der Waals surface area contributed by atoms with Crippen molar-refractivity contribution in [2.75, 3.05) is 6.54 Å². The molecule has 1 aromatic carbocycles. The molecule has 37 heavy (non-hydrogen) atoms. The topological polar surface area (TPSA) is 82.1 Å². The summed E-state index contributed by atoms with van der Waals surface area (Å²) in [7, 11) is -2.22. The Morgan fingerprint density at radius 1 is 1.00 bits per heavy atom. The number of rotatable bonds is 8. The highest BCUT2D eigenvalue weighted by atomic mass is 35.5. The van der Waals surface area contributed by atoms with Crippen LogP contribution in [0.25, 0.3) is 0 Å². The van der Waals surface area contributed by atoms with Gasteiger partial charge in [0.05, 0.1) is 39.0 Å². The first kappa shape index (κ1) is 31.9. The van der Waals surface area contributed by atoms with Crippen molar-refractivity contribution >= 4 is 61.0 Å². The van der Waals surface area contributed by atoms with E-state index in [1.807, 2.05) is 6.92 Å². The lowest BCUT2D eigenvalue weighted by Crippen LogP contribution is -2.69. The monoisotopic (exact) mass is 593 g/mol. The number of hydrogen-bond donors (Lipinski definition) is 0. The third-order valence-corrected chi connectivity index (χ3v) is 12.5. The summed E-state index contributed by atoms with van der Waals surface area (Å²) < 4.78 is 17.5. The fourth-order valence-corrected chi connectivity index (χ4v) is 5.99. The summed E-state index contributed by atoms with van der Waals surface area (Å²) in [6.07, 6.45) is -0.475. The average Bonchev–Trinajstić information content (AvgIpc) is 2.70. The molecule has 1 fully saturated rings. The van der Waals surface area contributed by atoms with Gasteiger partial charge in [0.25, 0.3) is 0 Å². The van der Waals surface area contributed by atoms with Crippen LogP contribution in [0.1, 0.15) is 55.4 Å². The van der Waals surface area contributed by atoms with Crippen LogP contribution in [0, 0.1) is 11.8 Å². The molecule has 208 valence electrons. The third-order valence-electron chi connectivity index (χ3n) is 6.88. The van der Waals surface area contributed by atoms with E-state index in [9.17, 15) is 14.4 Å². The van der Waals surface area contributed by atoms with Crippen molar-refractivity contribution in [1.29, 1.82) is 0 Å². The molecule has 0 bridgehead atoms. The molecule has 1 aliphatic heterocycles. The van der Waals surface area contributed by atoms with Gasteiger partial charge in [0.1, 0.15) is 12.1 Å². The van der Waals surface area contributed by atoms with Crippen LogP contribution >= 0.6 is 34.8 Å². The maximum Gasteiger partial charge on any atom is 0.326 e. The summed E-state index contributed by atoms with van der Waals surface area (Å²) in [4.78, 5) is 40.5. The summed E-state index contributed by atoms with van der Waals surface area (Å²) in [6.45, 7) is 19.0. The van der Waals surface area contributed by atoms with Gasteiger partial charge in [0, 0.05) is 6.07 Å². The standard InChI is InChI=1S/C26H38Cl3NO6Si/c1-14(24(33)34-19-12-17(28)16(27)11-18(19)29)22-21(15(2)36-37(9,10)26(6,7)8)23(32)30(22)13-20(31)35-25(3,4)5/h11-12,14-15,21-22H,13H2,1-10H3/t14-,15-,21-,22-/m1/s1. The predicted octanol–water partition coefficient (Wildman–Crippen LogP) is 6.77. The Morgan fingerprint density at radius 3 is 2.05 bits per heavy atom. The van der Waals surface area contributed by atoms with E-state index in [4.69, 9.17) is 48.7 Å². The number of ether oxygens (including phenoxy) is 2. The van der Waals surface area contributed by atoms with E-state index in [1.165, 1.54) is 17.0 Å². The maximum absolute atomic E-state index is 13.3. The van der Waals surface area contributed by atoms with Gasteiger partial charge in [-0.3, -0.25) is 14.4 Å². The molecule has 0 aromatic heterocycles. The van der Waals surface area contributed by atoms with Crippen LogP contribution in [-0.2, 0) is 23.5 Å². The second kappa shape index (κ2) is 11.4. The minimum Gasteiger partial charge on any atom is -0.459 e. The van der Waals surface area contributed by atoms with E-state index in [2.05, 4.69) is 33.9 Å². The summed E-state index contributed by atoms with van der Waals surface area (Å²) in [5, 5.41) is 0.455. The zero-order valence-corrected chi connectivity index (χ0v) is 26.5. The van der Waals surface area contributed by atoms with Crippen LogP contribution in [0.15, 0.2) is 12.1 Å². The number of amides is 1. The lowest BCUT2D eigenvalue weighted by molar-refractivity contribution is -0.180. The first-order valence-electron chi connectivity index (χ1n) is 12.2. The SMILES string of the molecule is C[C@@H](O[Si](C)(C)C(C)(C)C)[C@H]1C(=O)N(CC(=O)OC(C)(C)C)[C@@H]1[C@@H](C)C(=O)Oc1cc(Cl)c(Cl)cc1Cl. The molecule has 1 amide bonds. The number of halogens is 3. The van der Waals surface area contributed by atoms with E-state index in [1.54, 1.807) is 27.7 Å². The van der Waals surface area contributed by atoms with Crippen LogP contribution in [0.5, 0.6) is 5.75 Å². The van der Waals surface area contributed by atoms with Gasteiger partial charge >= 0.3 is 11.9 Å². The molecule has 1 aromatic rings. The number of carbonyl (C=O) groups is 3. The fraction of sp³-hybridized carbons (Fsp3) is 0.654. The van der Waals surface area contributed by atoms with Gasteiger partial charge in [-0.05, 0) is 58.8 Å². The number of esters is 2. The highest BCUT2D eigenvalue weighted by molar-refractivity contribution is 6.74. The van der Waals surface area contributed by atoms with E-state index in [0.717, 1.165) is 0 Å². The third kappa shape index (κ3) is 7.63. The lowest BCUT2D eigenvalue weighted by atomic mass is 9.76. The average molecular weight is 595 g/mol. The minimum absolute atomic E-state index is 0.0550. The van der Waals surface area contributed by atoms with Crippen LogP contribution in [-0.4, -0.2) is 55.4 Å². The number of nitrogens with zero attached hydrogens (tertiary/aromatic N) is 1. The Balaban J connectivity index is 2.33. The largest absolute Gasteiger partial charge is 0.459 e. The quantitative estimate of drug-likeness (QED) is 0.109. The number of likely N-dealkylation sites (tertiary alicyclic amines) is 1. The normalized spacial score (nSPS) is 20.2. The molecule has 0 radical (unpaired) electrons. The van der Waals surface area contributed by atoms with Crippen molar-refractivity contribution in [3.05, 3.63) is 27.2 Å². The molecular formula is C26H38Cl3NO6Si. The second-order valence-corrected chi connectivity index (χ2v) is 18.0. The van der Waals surface area contributed by atoms with E-state index in [0.29, 0.717) is 0 Å². The minimum atomic E-state index is -2.22. The van der Waals surface area contributed by atoms with Gasteiger partial charge in [-0.1, -0.05) is 55.6 Å². The van der Waals surface area contributed by atoms with Gasteiger partial charge in [0.2, 0.25) is 5.91 Å². The van der Waals surface area contributed by atoms with E-state index < -0.39 is 49.8 Å². The van der Waals surface area contributed by atoms with E-state index in [-0.39, 0.29) is 38.3 Å². The fourth-order valence-electron chi connectivity index (χ4n) is 3.99. The van der Waals surface area contributed by atoms with Crippen LogP contribution < -0.4 is 4.74 Å². The Hall–Kier alpha value is -1.32. The summed E-state index contributed by atoms with van der Waals surface area (Å²) in [5.74, 6) is -2.84. The van der Waals surface area contributed by atoms with Gasteiger partial charge in [0.15, 0.2) is 14.1 Å². The lowest BCUT2D eigenvalue weighted by Gasteiger charge is -2.52. The molecule has 1 heterocycles. The highest BCUT2D eigenvalue weighted by Gasteiger charge is 2.56. The molecule has 1 aliphatic rings. The molecule has 11 heteroatoms. The van der Waals surface area contributed by atoms with Gasteiger partial charge in [-0.25, -0.2) is 0 Å². The number of carbonyl (C=O) groups excluding carboxylic acids is 3. The van der Waals surface area contributed by atoms with Gasteiger partial charge < -0.3 is 18.8 Å². The molecule has 0 unspecified atom stereocenters. The smallest absolute Gasteiger partial charge is 0.326 e. The van der Waals surface area contributed by atoms with Crippen molar-refractivity contribution in [1.82, 2.24) is 4.90 Å². The maximum atomic E-state index is 13.3. The van der Waals surface area contributed by atoms with Crippen LogP contribution in [0.2, 0.25) is 33.2 Å². The van der Waals surface area contributed by atoms with Crippen molar-refractivity contribution in [2.45, 2.75) is 91.3 Å². The molecule has 2 rings (SSSR count). The summed E-state index contributed by atoms with van der Waals surface area (Å²) in [6, 6.07) is 2.11. The first-order chi connectivity index (χ1) is 16.7. The summed E-state index contributed by atoms with van der Waals surface area (Å²) >= 11 is 18.2. The zero-order chi connectivity index (χ0) is 28.7. The molecule has 0 saturated carbocycles. The second-order valence-electron chi connectivity index (χ2n) is 12.1. The molecule has 7 nitrogen and oxygen atoms in total. The van der Waals surface area contributed by atoms with Crippen LogP contribution in [0.3, 0.4) is 0 Å². The molecular weight excluding hydrogens is 557 g/mol. The molecule has 4 atom stereocenters. The molecule has 1 saturated heterocycles. The zero-order valence-electron chi connectivity index (χ0n) is 23.2. The highest BCUT2D eigenvalue weighted by Crippen LogP contribution is 2.42. The van der Waals surface area contributed by atoms with Crippen molar-refractivity contribution in [3.63, 3.8) is 0 Å². The number of benzene rings is 1. The van der Waals surface area contributed by atoms with Crippen LogP contribution in [0.4, 0.5) is 0 Å². The Morgan fingerprint density at radius 2 is 1.54 bits per heavy atom. The number of hydrogen-bond acceptors (Lipinski definition) is 6. The molecule has 0 N–H and O–H groups in total. The Kier molecular flexibility index (Phi) is 9.85.